The second kappa shape index (κ2) is 17.5. The number of rotatable bonds is 14. The number of carbonyl (C=O) groups excluding carboxylic acids is 5. The van der Waals surface area contributed by atoms with Crippen LogP contribution in [0.5, 0.6) is 5.75 Å². The molecule has 1 heterocycles. The minimum absolute atomic E-state index is 0.0220. The van der Waals surface area contributed by atoms with E-state index in [1.165, 1.54) is 17.0 Å². The first kappa shape index (κ1) is 38.6. The van der Waals surface area contributed by atoms with E-state index in [1.54, 1.807) is 13.0 Å². The van der Waals surface area contributed by atoms with Gasteiger partial charge in [0, 0.05) is 33.7 Å². The number of nitrogens with zero attached hydrogens (tertiary/aromatic N) is 1. The average molecular weight is 689 g/mol. The van der Waals surface area contributed by atoms with Gasteiger partial charge in [0.1, 0.15) is 19.1 Å². The highest BCUT2D eigenvalue weighted by atomic mass is 16.7. The molecule has 1 aliphatic rings. The maximum absolute atomic E-state index is 12.9. The molecule has 0 saturated carbocycles. The minimum atomic E-state index is -1.63. The topological polar surface area (TPSA) is 188 Å². The van der Waals surface area contributed by atoms with Crippen molar-refractivity contribution in [2.45, 2.75) is 90.9 Å². The monoisotopic (exact) mass is 688 g/mol. The summed E-state index contributed by atoms with van der Waals surface area (Å²) in [7, 11) is 1.08. The lowest BCUT2D eigenvalue weighted by Gasteiger charge is -2.43. The molecule has 2 aromatic carbocycles. The Morgan fingerprint density at radius 2 is 1.47 bits per heavy atom. The van der Waals surface area contributed by atoms with Gasteiger partial charge in [-0.1, -0.05) is 36.4 Å². The van der Waals surface area contributed by atoms with Crippen LogP contribution in [0.15, 0.2) is 48.5 Å². The summed E-state index contributed by atoms with van der Waals surface area (Å²) in [5.41, 5.74) is 7.42. The first-order chi connectivity index (χ1) is 23.1. The van der Waals surface area contributed by atoms with Gasteiger partial charge in [0.05, 0.1) is 18.4 Å². The van der Waals surface area contributed by atoms with Crippen molar-refractivity contribution in [3.8, 4) is 5.75 Å². The molecule has 1 aliphatic heterocycles. The molecule has 0 bridgehead atoms. The molecule has 0 aromatic heterocycles. The van der Waals surface area contributed by atoms with Gasteiger partial charge in [-0.15, -0.1) is 0 Å². The number of nitrogen functional groups attached to an aromatic ring is 1. The first-order valence-corrected chi connectivity index (χ1v) is 15.5. The number of nitrogens with two attached hydrogens (primary N) is 1. The van der Waals surface area contributed by atoms with E-state index in [4.69, 9.17) is 43.6 Å². The smallest absolute Gasteiger partial charge is 0.411 e. The average Bonchev–Trinajstić information content (AvgIpc) is 3.03. The van der Waals surface area contributed by atoms with Gasteiger partial charge < -0.3 is 43.6 Å². The van der Waals surface area contributed by atoms with Crippen molar-refractivity contribution in [1.82, 2.24) is 4.90 Å². The molecule has 5 atom stereocenters. The summed E-state index contributed by atoms with van der Waals surface area (Å²) in [5, 5.41) is 0. The molecule has 15 heteroatoms. The van der Waals surface area contributed by atoms with Crippen LogP contribution in [0.3, 0.4) is 0 Å². The van der Waals surface area contributed by atoms with Crippen LogP contribution in [0, 0.1) is 0 Å². The molecular weight excluding hydrogens is 644 g/mol. The maximum Gasteiger partial charge on any atom is 0.411 e. The SMILES string of the molecule is CCN(COC(C)(C)Cc1ccccc1)C(=O)OCc1ccc(O[C@@H]2O[C@H](C(=O)OC)[C@@H](OC(C)=O)[C@H](OC(C)=O)[C@H]2OC(C)=O)c(N)c1. The number of benzene rings is 2. The van der Waals surface area contributed by atoms with Crippen molar-refractivity contribution in [1.29, 1.82) is 0 Å². The van der Waals surface area contributed by atoms with E-state index >= 15 is 0 Å². The fourth-order valence-corrected chi connectivity index (χ4v) is 5.00. The van der Waals surface area contributed by atoms with E-state index in [-0.39, 0.29) is 24.8 Å². The standard InChI is InChI=1S/C34H44N2O13/c1-8-36(19-44-34(5,6)17-23-12-10-9-11-13-23)33(41)43-18-24-14-15-26(25(35)16-24)48-32-30(47-22(4)39)28(46-21(3)38)27(45-20(2)37)29(49-32)31(40)42-7/h9-16,27-30,32H,8,17-19,35H2,1-7H3/t27-,28-,29-,30+,32+/m0/s1. The molecule has 268 valence electrons. The molecule has 1 saturated heterocycles. The van der Waals surface area contributed by atoms with Gasteiger partial charge in [0.2, 0.25) is 12.4 Å². The quantitative estimate of drug-likeness (QED) is 0.132. The Morgan fingerprint density at radius 1 is 0.857 bits per heavy atom. The number of methoxy groups -OCH3 is 1. The van der Waals surface area contributed by atoms with Gasteiger partial charge in [0.15, 0.2) is 18.3 Å². The van der Waals surface area contributed by atoms with Crippen molar-refractivity contribution in [2.24, 2.45) is 0 Å². The Balaban J connectivity index is 1.72. The highest BCUT2D eigenvalue weighted by molar-refractivity contribution is 5.77. The van der Waals surface area contributed by atoms with Crippen molar-refractivity contribution >= 4 is 35.7 Å². The molecule has 15 nitrogen and oxygen atoms in total. The van der Waals surface area contributed by atoms with Crippen molar-refractivity contribution in [3.05, 3.63) is 59.7 Å². The molecule has 3 rings (SSSR count). The highest BCUT2D eigenvalue weighted by Crippen LogP contribution is 2.33. The summed E-state index contributed by atoms with van der Waals surface area (Å²) in [6.07, 6.45) is -7.74. The van der Waals surface area contributed by atoms with E-state index in [9.17, 15) is 24.0 Å². The van der Waals surface area contributed by atoms with Gasteiger partial charge in [0.25, 0.3) is 0 Å². The van der Waals surface area contributed by atoms with Crippen LogP contribution < -0.4 is 10.5 Å². The number of carbonyl (C=O) groups is 5. The largest absolute Gasteiger partial charge is 0.467 e. The molecule has 49 heavy (non-hydrogen) atoms. The number of hydrogen-bond acceptors (Lipinski definition) is 14. The van der Waals surface area contributed by atoms with Crippen LogP contribution in [0.4, 0.5) is 10.5 Å². The van der Waals surface area contributed by atoms with E-state index in [0.717, 1.165) is 33.4 Å². The fraction of sp³-hybridized carbons (Fsp3) is 0.500. The molecule has 0 spiro atoms. The summed E-state index contributed by atoms with van der Waals surface area (Å²) in [6, 6.07) is 14.4. The molecule has 0 aliphatic carbocycles. The second-order valence-electron chi connectivity index (χ2n) is 11.8. The number of amides is 1. The molecule has 2 aromatic rings. The Morgan fingerprint density at radius 3 is 2.04 bits per heavy atom. The van der Waals surface area contributed by atoms with Gasteiger partial charge in [-0.25, -0.2) is 9.59 Å². The second-order valence-corrected chi connectivity index (χ2v) is 11.8. The number of hydrogen-bond donors (Lipinski definition) is 1. The lowest BCUT2D eigenvalue weighted by molar-refractivity contribution is -0.282. The Kier molecular flexibility index (Phi) is 13.8. The Bertz CT molecular complexity index is 1470. The van der Waals surface area contributed by atoms with Crippen LogP contribution in [0.1, 0.15) is 52.7 Å². The predicted molar refractivity (Wildman–Crippen MR) is 172 cm³/mol. The molecule has 0 radical (unpaired) electrons. The zero-order chi connectivity index (χ0) is 36.3. The predicted octanol–water partition coefficient (Wildman–Crippen LogP) is 3.29. The lowest BCUT2D eigenvalue weighted by atomic mass is 9.97. The van der Waals surface area contributed by atoms with Crippen LogP contribution >= 0.6 is 0 Å². The van der Waals surface area contributed by atoms with E-state index in [1.807, 2.05) is 44.2 Å². The maximum atomic E-state index is 12.9. The van der Waals surface area contributed by atoms with Crippen molar-refractivity contribution in [3.63, 3.8) is 0 Å². The van der Waals surface area contributed by atoms with E-state index in [2.05, 4.69) is 0 Å². The van der Waals surface area contributed by atoms with E-state index < -0.39 is 66.3 Å². The van der Waals surface area contributed by atoms with Crippen molar-refractivity contribution < 1.29 is 61.9 Å². The van der Waals surface area contributed by atoms with Gasteiger partial charge in [-0.2, -0.15) is 0 Å². The van der Waals surface area contributed by atoms with Crippen molar-refractivity contribution in [2.75, 3.05) is 26.1 Å². The lowest BCUT2D eigenvalue weighted by Crippen LogP contribution is -2.64. The van der Waals surface area contributed by atoms with Crippen LogP contribution in [-0.2, 0) is 65.4 Å². The number of anilines is 1. The van der Waals surface area contributed by atoms with Crippen LogP contribution in [0.2, 0.25) is 0 Å². The van der Waals surface area contributed by atoms with Gasteiger partial charge in [-0.05, 0) is 44.0 Å². The zero-order valence-electron chi connectivity index (χ0n) is 28.7. The third kappa shape index (κ3) is 11.4. The highest BCUT2D eigenvalue weighted by Gasteiger charge is 2.56. The summed E-state index contributed by atoms with van der Waals surface area (Å²) < 4.78 is 44.0. The zero-order valence-corrected chi connectivity index (χ0v) is 28.7. The fourth-order valence-electron chi connectivity index (χ4n) is 5.00. The van der Waals surface area contributed by atoms with Crippen LogP contribution in [0.25, 0.3) is 0 Å². The molecule has 2 N–H and O–H groups in total. The molecule has 0 unspecified atom stereocenters. The minimum Gasteiger partial charge on any atom is -0.467 e. The summed E-state index contributed by atoms with van der Waals surface area (Å²) in [5.74, 6) is -3.42. The summed E-state index contributed by atoms with van der Waals surface area (Å²) in [4.78, 5) is 63.0. The van der Waals surface area contributed by atoms with Gasteiger partial charge >= 0.3 is 30.0 Å². The Labute approximate surface area is 284 Å². The normalized spacial score (nSPS) is 20.3. The Hall–Kier alpha value is -4.89. The third-order valence-corrected chi connectivity index (χ3v) is 7.24. The molecule has 1 fully saturated rings. The summed E-state index contributed by atoms with van der Waals surface area (Å²) in [6.45, 7) is 9.18. The first-order valence-electron chi connectivity index (χ1n) is 15.5. The van der Waals surface area contributed by atoms with E-state index in [0.29, 0.717) is 18.5 Å². The summed E-state index contributed by atoms with van der Waals surface area (Å²) >= 11 is 0. The van der Waals surface area contributed by atoms with Gasteiger partial charge in [-0.3, -0.25) is 19.3 Å². The third-order valence-electron chi connectivity index (χ3n) is 7.24. The molecule has 1 amide bonds. The van der Waals surface area contributed by atoms with Crippen LogP contribution in [-0.4, -0.2) is 91.6 Å². The molecular formula is C34H44N2O13. The number of esters is 4. The number of ether oxygens (including phenoxy) is 8.